The van der Waals surface area contributed by atoms with Crippen molar-refractivity contribution >= 4 is 39.5 Å². The Kier molecular flexibility index (Phi) is 7.34. The fourth-order valence-corrected chi connectivity index (χ4v) is 6.24. The van der Waals surface area contributed by atoms with Gasteiger partial charge in [0.25, 0.3) is 5.91 Å². The maximum Gasteiger partial charge on any atom is 0.348 e. The molecular weight excluding hydrogens is 631 g/mol. The van der Waals surface area contributed by atoms with E-state index < -0.39 is 45.6 Å². The van der Waals surface area contributed by atoms with Crippen LogP contribution in [0.3, 0.4) is 0 Å². The molecule has 1 aromatic carbocycles. The second-order valence-corrected chi connectivity index (χ2v) is 11.6. The molecule has 0 bridgehead atoms. The third-order valence-corrected chi connectivity index (χ3v) is 8.41. The Balaban J connectivity index is 0.00000336. The van der Waals surface area contributed by atoms with Gasteiger partial charge >= 0.3 is 5.96 Å². The van der Waals surface area contributed by atoms with Crippen molar-refractivity contribution in [3.05, 3.63) is 29.8 Å². The number of likely N-dealkylation sites (tertiary alicyclic amines) is 1. The summed E-state index contributed by atoms with van der Waals surface area (Å²) >= 11 is 0. The van der Waals surface area contributed by atoms with E-state index in [1.165, 1.54) is 29.2 Å². The number of carbonyl (C=O) groups excluding carboxylic acids is 3. The molecule has 4 aliphatic rings. The number of guanidine groups is 2. The highest BCUT2D eigenvalue weighted by atomic mass is 127. The van der Waals surface area contributed by atoms with Crippen LogP contribution in [-0.4, -0.2) is 109 Å². The number of aliphatic imine (C=N–C) groups is 1. The zero-order chi connectivity index (χ0) is 26.7. The molecular formula is C22H29IN8O6S. The molecule has 3 amide bonds. The van der Waals surface area contributed by atoms with Crippen LogP contribution >= 0.6 is 0 Å². The summed E-state index contributed by atoms with van der Waals surface area (Å²) in [5.74, 6) is -0.535. The van der Waals surface area contributed by atoms with Gasteiger partial charge in [0, 0.05) is 24.7 Å². The van der Waals surface area contributed by atoms with E-state index in [0.717, 1.165) is 6.26 Å². The number of aliphatic hydroxyl groups excluding tert-OH is 1. The van der Waals surface area contributed by atoms with Crippen LogP contribution in [-0.2, 0) is 19.4 Å². The SMILES string of the molecule is C[NH+]=C1N[C@@H](CN2C(=O)CCC2=O)C2N=C(N)NC23[C@H](O)[C@@H](NC(=O)c2cccc(S(C)(=O)=O)c2)CN13.[I-]. The van der Waals surface area contributed by atoms with Gasteiger partial charge in [-0.1, -0.05) is 6.07 Å². The molecule has 5 atom stereocenters. The average molecular weight is 660 g/mol. The van der Waals surface area contributed by atoms with Crippen LogP contribution in [0.15, 0.2) is 34.2 Å². The van der Waals surface area contributed by atoms with Gasteiger partial charge in [0.05, 0.1) is 31.1 Å². The Labute approximate surface area is 236 Å². The molecule has 0 aliphatic carbocycles. The smallest absolute Gasteiger partial charge is 0.348 e. The van der Waals surface area contributed by atoms with Gasteiger partial charge in [-0.2, -0.15) is 0 Å². The lowest BCUT2D eigenvalue weighted by Crippen LogP contribution is -3.00. The van der Waals surface area contributed by atoms with Crippen molar-refractivity contribution in [2.45, 2.75) is 47.6 Å². The predicted molar refractivity (Wildman–Crippen MR) is 130 cm³/mol. The maximum atomic E-state index is 13.1. The number of nitrogens with zero attached hydrogens (tertiary/aromatic N) is 3. The van der Waals surface area contributed by atoms with E-state index in [1.54, 1.807) is 11.9 Å². The summed E-state index contributed by atoms with van der Waals surface area (Å²) < 4.78 is 23.8. The second kappa shape index (κ2) is 9.96. The van der Waals surface area contributed by atoms with Crippen molar-refractivity contribution in [1.82, 2.24) is 25.8 Å². The third kappa shape index (κ3) is 4.47. The first kappa shape index (κ1) is 28.0. The highest BCUT2D eigenvalue weighted by molar-refractivity contribution is 7.90. The number of nitrogens with one attached hydrogen (secondary N) is 4. The van der Waals surface area contributed by atoms with E-state index in [2.05, 4.69) is 25.9 Å². The molecule has 0 radical (unpaired) electrons. The quantitative estimate of drug-likeness (QED) is 0.130. The largest absolute Gasteiger partial charge is 1.00 e. The van der Waals surface area contributed by atoms with Gasteiger partial charge < -0.3 is 45.5 Å². The molecule has 4 aliphatic heterocycles. The molecule has 0 aromatic heterocycles. The minimum Gasteiger partial charge on any atom is -1.00 e. The van der Waals surface area contributed by atoms with Gasteiger partial charge in [0.1, 0.15) is 18.2 Å². The lowest BCUT2D eigenvalue weighted by molar-refractivity contribution is -0.432. The first-order valence-electron chi connectivity index (χ1n) is 11.8. The monoisotopic (exact) mass is 660 g/mol. The number of hydrogen-bond acceptors (Lipinski definition) is 9. The first-order valence-corrected chi connectivity index (χ1v) is 13.7. The highest BCUT2D eigenvalue weighted by Gasteiger charge is 2.70. The topological polar surface area (TPSA) is 200 Å². The summed E-state index contributed by atoms with van der Waals surface area (Å²) in [5.41, 5.74) is 4.93. The van der Waals surface area contributed by atoms with Gasteiger partial charge in [-0.25, -0.2) is 18.3 Å². The molecule has 3 fully saturated rings. The van der Waals surface area contributed by atoms with Crippen LogP contribution in [0.2, 0.25) is 0 Å². The molecule has 206 valence electrons. The van der Waals surface area contributed by atoms with Gasteiger partial charge in [-0.05, 0) is 18.2 Å². The molecule has 0 saturated carbocycles. The average Bonchev–Trinajstić information content (AvgIpc) is 3.46. The number of amides is 3. The Morgan fingerprint density at radius 3 is 2.63 bits per heavy atom. The molecule has 3 saturated heterocycles. The van der Waals surface area contributed by atoms with E-state index in [4.69, 9.17) is 5.73 Å². The second-order valence-electron chi connectivity index (χ2n) is 9.59. The normalized spacial score (nSPS) is 31.2. The van der Waals surface area contributed by atoms with E-state index >= 15 is 0 Å². The summed E-state index contributed by atoms with van der Waals surface area (Å²) in [6, 6.07) is 3.56. The van der Waals surface area contributed by atoms with Crippen molar-refractivity contribution in [3.8, 4) is 0 Å². The molecule has 1 aromatic rings. The summed E-state index contributed by atoms with van der Waals surface area (Å²) in [6.45, 7) is 0.187. The third-order valence-electron chi connectivity index (χ3n) is 7.30. The molecule has 16 heteroatoms. The Morgan fingerprint density at radius 2 is 2.00 bits per heavy atom. The maximum absolute atomic E-state index is 13.1. The number of halogens is 1. The molecule has 5 rings (SSSR count). The highest BCUT2D eigenvalue weighted by Crippen LogP contribution is 2.39. The standard InChI is InChI=1S/C22H28N8O6S.HI/c1-24-21-26-13(9-29-15(31)6-7-16(29)32)17-22(28-20(23)27-17)18(33)14(10-30(21)22)25-19(34)11-4-3-5-12(8-11)37(2,35)36;/h3-5,8,13-14,17-18,33H,6-7,9-10H2,1-2H3,(H,24,26)(H,25,34)(H3,23,27,28);1H/t13-,14-,17?,18+,22?;/m0./s1. The number of aliphatic hydroxyl groups is 1. The summed E-state index contributed by atoms with van der Waals surface area (Å²) in [7, 11) is -1.84. The number of sulfone groups is 1. The molecule has 7 N–H and O–H groups in total. The van der Waals surface area contributed by atoms with Gasteiger partial charge in [-0.3, -0.25) is 29.6 Å². The van der Waals surface area contributed by atoms with Gasteiger partial charge in [0.15, 0.2) is 15.8 Å². The van der Waals surface area contributed by atoms with E-state index in [-0.39, 0.29) is 78.1 Å². The molecule has 4 heterocycles. The summed E-state index contributed by atoms with van der Waals surface area (Å²) in [5, 5.41) is 20.7. The number of nitrogens with two attached hydrogens (primary N) is 1. The Bertz CT molecular complexity index is 1340. The summed E-state index contributed by atoms with van der Waals surface area (Å²) in [4.78, 5) is 48.2. The van der Waals surface area contributed by atoms with Crippen LogP contribution < -0.4 is 50.7 Å². The fourth-order valence-electron chi connectivity index (χ4n) is 5.58. The number of rotatable bonds is 5. The zero-order valence-corrected chi connectivity index (χ0v) is 23.6. The van der Waals surface area contributed by atoms with E-state index in [0.29, 0.717) is 5.96 Å². The van der Waals surface area contributed by atoms with E-state index in [1.807, 2.05) is 0 Å². The predicted octanol–water partition coefficient (Wildman–Crippen LogP) is -7.96. The number of hydrogen-bond donors (Lipinski definition) is 6. The van der Waals surface area contributed by atoms with Gasteiger partial charge in [-0.15, -0.1) is 0 Å². The molecule has 14 nitrogen and oxygen atoms in total. The van der Waals surface area contributed by atoms with Crippen molar-refractivity contribution in [2.75, 3.05) is 26.4 Å². The van der Waals surface area contributed by atoms with Crippen molar-refractivity contribution in [1.29, 1.82) is 0 Å². The number of benzene rings is 1. The van der Waals surface area contributed by atoms with Crippen LogP contribution in [0.1, 0.15) is 23.2 Å². The van der Waals surface area contributed by atoms with Crippen LogP contribution in [0.5, 0.6) is 0 Å². The Morgan fingerprint density at radius 1 is 1.32 bits per heavy atom. The first-order chi connectivity index (χ1) is 17.5. The Hall–Kier alpha value is -2.99. The van der Waals surface area contributed by atoms with Crippen LogP contribution in [0, 0.1) is 0 Å². The minimum absolute atomic E-state index is 0. The molecule has 1 spiro atoms. The van der Waals surface area contributed by atoms with E-state index in [9.17, 15) is 27.9 Å². The molecule has 2 unspecified atom stereocenters. The van der Waals surface area contributed by atoms with Gasteiger partial charge in [0.2, 0.25) is 17.5 Å². The number of imide groups is 1. The van der Waals surface area contributed by atoms with Crippen LogP contribution in [0.4, 0.5) is 0 Å². The zero-order valence-electron chi connectivity index (χ0n) is 20.6. The lowest BCUT2D eigenvalue weighted by atomic mass is 9.87. The van der Waals surface area contributed by atoms with Crippen molar-refractivity contribution < 1.29 is 56.9 Å². The number of carbonyl (C=O) groups is 3. The van der Waals surface area contributed by atoms with Crippen molar-refractivity contribution in [3.63, 3.8) is 0 Å². The molecule has 38 heavy (non-hydrogen) atoms. The fraction of sp³-hybridized carbons (Fsp3) is 0.500. The van der Waals surface area contributed by atoms with Crippen molar-refractivity contribution in [2.24, 2.45) is 10.7 Å². The summed E-state index contributed by atoms with van der Waals surface area (Å²) in [6.07, 6.45) is 0.135. The minimum atomic E-state index is -3.52. The van der Waals surface area contributed by atoms with Crippen LogP contribution in [0.25, 0.3) is 0 Å². The lowest BCUT2D eigenvalue weighted by Gasteiger charge is -2.44.